The van der Waals surface area contributed by atoms with E-state index in [0.29, 0.717) is 30.1 Å². The second-order valence-electron chi connectivity index (χ2n) is 6.09. The molecule has 0 aliphatic carbocycles. The number of rotatable bonds is 7. The van der Waals surface area contributed by atoms with Gasteiger partial charge in [-0.2, -0.15) is 0 Å². The van der Waals surface area contributed by atoms with E-state index in [9.17, 15) is 8.42 Å². The van der Waals surface area contributed by atoms with Gasteiger partial charge in [0.25, 0.3) is 0 Å². The van der Waals surface area contributed by atoms with Crippen molar-refractivity contribution in [3.8, 4) is 0 Å². The molecule has 0 atom stereocenters. The van der Waals surface area contributed by atoms with Crippen LogP contribution in [0.5, 0.6) is 0 Å². The molecular formula is C16H28N2O2S. The third kappa shape index (κ3) is 5.09. The zero-order valence-corrected chi connectivity index (χ0v) is 14.8. The van der Waals surface area contributed by atoms with Gasteiger partial charge in [0.05, 0.1) is 4.90 Å². The molecule has 120 valence electrons. The van der Waals surface area contributed by atoms with Crippen molar-refractivity contribution in [2.75, 3.05) is 13.1 Å². The van der Waals surface area contributed by atoms with Gasteiger partial charge in [-0.15, -0.1) is 0 Å². The van der Waals surface area contributed by atoms with Gasteiger partial charge in [-0.25, -0.2) is 13.1 Å². The lowest BCUT2D eigenvalue weighted by Crippen LogP contribution is -2.42. The Morgan fingerprint density at radius 3 is 2.14 bits per heavy atom. The molecule has 5 heteroatoms. The molecule has 21 heavy (non-hydrogen) atoms. The first-order chi connectivity index (χ1) is 9.65. The molecule has 1 aromatic rings. The van der Waals surface area contributed by atoms with E-state index in [1.165, 1.54) is 0 Å². The molecule has 0 spiro atoms. The van der Waals surface area contributed by atoms with Gasteiger partial charge in [-0.05, 0) is 53.2 Å². The molecule has 0 radical (unpaired) electrons. The molecule has 0 aromatic heterocycles. The maximum absolute atomic E-state index is 12.4. The van der Waals surface area contributed by atoms with Crippen molar-refractivity contribution in [3.63, 3.8) is 0 Å². The van der Waals surface area contributed by atoms with Gasteiger partial charge in [-0.1, -0.05) is 17.7 Å². The van der Waals surface area contributed by atoms with Crippen molar-refractivity contribution in [2.45, 2.75) is 58.5 Å². The highest BCUT2D eigenvalue weighted by molar-refractivity contribution is 7.89. The van der Waals surface area contributed by atoms with E-state index in [2.05, 4.69) is 37.3 Å². The molecular weight excluding hydrogens is 284 g/mol. The second-order valence-corrected chi connectivity index (χ2v) is 7.83. The Bertz CT molecular complexity index is 558. The molecule has 0 aliphatic heterocycles. The zero-order chi connectivity index (χ0) is 16.2. The lowest BCUT2D eigenvalue weighted by molar-refractivity contribution is 0.179. The molecule has 0 saturated heterocycles. The van der Waals surface area contributed by atoms with Crippen molar-refractivity contribution < 1.29 is 8.42 Å². The van der Waals surface area contributed by atoms with Gasteiger partial charge < -0.3 is 0 Å². The first-order valence-electron chi connectivity index (χ1n) is 7.48. The van der Waals surface area contributed by atoms with E-state index in [1.807, 2.05) is 26.0 Å². The molecule has 0 saturated carbocycles. The molecule has 0 bridgehead atoms. The van der Waals surface area contributed by atoms with E-state index in [0.717, 1.165) is 11.1 Å². The van der Waals surface area contributed by atoms with Gasteiger partial charge in [-0.3, -0.25) is 4.90 Å². The lowest BCUT2D eigenvalue weighted by atomic mass is 10.2. The SMILES string of the molecule is Cc1ccc(S(=O)(=O)NCCN(C(C)C)C(C)C)c(C)c1. The van der Waals surface area contributed by atoms with Crippen LogP contribution in [-0.4, -0.2) is 38.5 Å². The molecule has 0 fully saturated rings. The predicted octanol–water partition coefficient (Wildman–Crippen LogP) is 2.70. The Morgan fingerprint density at radius 2 is 1.67 bits per heavy atom. The topological polar surface area (TPSA) is 49.4 Å². The van der Waals surface area contributed by atoms with Crippen molar-refractivity contribution in [2.24, 2.45) is 0 Å². The van der Waals surface area contributed by atoms with Crippen LogP contribution >= 0.6 is 0 Å². The Kier molecular flexibility index (Phi) is 6.38. The largest absolute Gasteiger partial charge is 0.297 e. The van der Waals surface area contributed by atoms with E-state index in [4.69, 9.17) is 0 Å². The molecule has 0 amide bonds. The van der Waals surface area contributed by atoms with Gasteiger partial charge in [0.1, 0.15) is 0 Å². The molecule has 1 N–H and O–H groups in total. The van der Waals surface area contributed by atoms with Crippen LogP contribution in [0.1, 0.15) is 38.8 Å². The summed E-state index contributed by atoms with van der Waals surface area (Å²) < 4.78 is 27.4. The van der Waals surface area contributed by atoms with Gasteiger partial charge >= 0.3 is 0 Å². The van der Waals surface area contributed by atoms with Crippen LogP contribution in [0.2, 0.25) is 0 Å². The fourth-order valence-electron chi connectivity index (χ4n) is 2.60. The Balaban J connectivity index is 2.73. The number of aryl methyl sites for hydroxylation is 2. The summed E-state index contributed by atoms with van der Waals surface area (Å²) in [5.41, 5.74) is 1.85. The molecule has 1 aromatic carbocycles. The summed E-state index contributed by atoms with van der Waals surface area (Å²) in [5.74, 6) is 0. The van der Waals surface area contributed by atoms with Crippen molar-refractivity contribution in [1.82, 2.24) is 9.62 Å². The van der Waals surface area contributed by atoms with Crippen LogP contribution in [0.15, 0.2) is 23.1 Å². The molecule has 1 rings (SSSR count). The maximum atomic E-state index is 12.4. The lowest BCUT2D eigenvalue weighted by Gasteiger charge is -2.30. The minimum Gasteiger partial charge on any atom is -0.297 e. The summed E-state index contributed by atoms with van der Waals surface area (Å²) >= 11 is 0. The van der Waals surface area contributed by atoms with Crippen molar-refractivity contribution in [1.29, 1.82) is 0 Å². The standard InChI is InChI=1S/C16H28N2O2S/c1-12(2)18(13(3)4)10-9-17-21(19,20)16-8-7-14(5)11-15(16)6/h7-8,11-13,17H,9-10H2,1-6H3. The third-order valence-electron chi connectivity index (χ3n) is 3.61. The molecule has 0 unspecified atom stereocenters. The molecule has 0 heterocycles. The second kappa shape index (κ2) is 7.38. The third-order valence-corrected chi connectivity index (χ3v) is 5.23. The summed E-state index contributed by atoms with van der Waals surface area (Å²) in [6.07, 6.45) is 0. The minimum atomic E-state index is -3.43. The quantitative estimate of drug-likeness (QED) is 0.842. The van der Waals surface area contributed by atoms with Crippen molar-refractivity contribution in [3.05, 3.63) is 29.3 Å². The zero-order valence-electron chi connectivity index (χ0n) is 14.0. The number of hydrogen-bond donors (Lipinski definition) is 1. The summed E-state index contributed by atoms with van der Waals surface area (Å²) in [7, 11) is -3.43. The normalized spacial score (nSPS) is 12.6. The summed E-state index contributed by atoms with van der Waals surface area (Å²) in [6, 6.07) is 6.20. The van der Waals surface area contributed by atoms with Gasteiger partial charge in [0, 0.05) is 25.2 Å². The van der Waals surface area contributed by atoms with Crippen LogP contribution in [0, 0.1) is 13.8 Å². The number of nitrogens with zero attached hydrogens (tertiary/aromatic N) is 1. The highest BCUT2D eigenvalue weighted by Gasteiger charge is 2.18. The first kappa shape index (κ1) is 18.1. The van der Waals surface area contributed by atoms with E-state index in [1.54, 1.807) is 6.07 Å². The van der Waals surface area contributed by atoms with Gasteiger partial charge in [0.2, 0.25) is 10.0 Å². The Labute approximate surface area is 129 Å². The highest BCUT2D eigenvalue weighted by atomic mass is 32.2. The van der Waals surface area contributed by atoms with Crippen LogP contribution in [-0.2, 0) is 10.0 Å². The molecule has 0 aliphatic rings. The van der Waals surface area contributed by atoms with Crippen LogP contribution in [0.3, 0.4) is 0 Å². The number of benzene rings is 1. The predicted molar refractivity (Wildman–Crippen MR) is 88.1 cm³/mol. The van der Waals surface area contributed by atoms with E-state index in [-0.39, 0.29) is 0 Å². The van der Waals surface area contributed by atoms with E-state index >= 15 is 0 Å². The maximum Gasteiger partial charge on any atom is 0.240 e. The average molecular weight is 312 g/mol. The number of sulfonamides is 1. The monoisotopic (exact) mass is 312 g/mol. The van der Waals surface area contributed by atoms with Crippen LogP contribution < -0.4 is 4.72 Å². The number of hydrogen-bond acceptors (Lipinski definition) is 3. The fourth-order valence-corrected chi connectivity index (χ4v) is 3.85. The Morgan fingerprint density at radius 1 is 1.10 bits per heavy atom. The van der Waals surface area contributed by atoms with E-state index < -0.39 is 10.0 Å². The van der Waals surface area contributed by atoms with Crippen LogP contribution in [0.4, 0.5) is 0 Å². The minimum absolute atomic E-state index is 0.369. The van der Waals surface area contributed by atoms with Crippen LogP contribution in [0.25, 0.3) is 0 Å². The summed E-state index contributed by atoms with van der Waals surface area (Å²) in [6.45, 7) is 13.4. The highest BCUT2D eigenvalue weighted by Crippen LogP contribution is 2.16. The fraction of sp³-hybridized carbons (Fsp3) is 0.625. The average Bonchev–Trinajstić information content (AvgIpc) is 2.33. The summed E-state index contributed by atoms with van der Waals surface area (Å²) in [4.78, 5) is 2.64. The Hall–Kier alpha value is -0.910. The first-order valence-corrected chi connectivity index (χ1v) is 8.96. The molecule has 4 nitrogen and oxygen atoms in total. The number of nitrogens with one attached hydrogen (secondary N) is 1. The van der Waals surface area contributed by atoms with Gasteiger partial charge in [0.15, 0.2) is 0 Å². The summed E-state index contributed by atoms with van der Waals surface area (Å²) in [5, 5.41) is 0. The smallest absolute Gasteiger partial charge is 0.240 e. The van der Waals surface area contributed by atoms with Crippen molar-refractivity contribution >= 4 is 10.0 Å².